The van der Waals surface area contributed by atoms with Gasteiger partial charge in [-0.2, -0.15) is 0 Å². The van der Waals surface area contributed by atoms with Gasteiger partial charge in [0.15, 0.2) is 5.06 Å². The fraction of sp³-hybridized carbons (Fsp3) is 0.333. The van der Waals surface area contributed by atoms with Gasteiger partial charge in [-0.1, -0.05) is 0 Å². The Hall–Kier alpha value is 0.260. The van der Waals surface area contributed by atoms with Crippen molar-refractivity contribution in [1.82, 2.24) is 0 Å². The molecule has 0 aliphatic heterocycles. The first-order valence-corrected chi connectivity index (χ1v) is 9.33. The van der Waals surface area contributed by atoms with Gasteiger partial charge in [0.2, 0.25) is 6.49 Å². The van der Waals surface area contributed by atoms with Gasteiger partial charge < -0.3 is 19.2 Å². The molecule has 0 amide bonds. The minimum atomic E-state index is -4.34. The lowest BCUT2D eigenvalue weighted by Gasteiger charge is -2.15. The lowest BCUT2D eigenvalue weighted by molar-refractivity contribution is 0.376. The van der Waals surface area contributed by atoms with Gasteiger partial charge in [0.05, 0.1) is 0 Å². The summed E-state index contributed by atoms with van der Waals surface area (Å²) in [6, 6.07) is 1.65. The van der Waals surface area contributed by atoms with Crippen LogP contribution in [-0.4, -0.2) is 20.6 Å². The highest BCUT2D eigenvalue weighted by Gasteiger charge is 2.28. The van der Waals surface area contributed by atoms with Gasteiger partial charge in [0, 0.05) is 0 Å². The fourth-order valence-corrected chi connectivity index (χ4v) is 6.18. The average molecular weight is 288 g/mol. The van der Waals surface area contributed by atoms with E-state index < -0.39 is 20.0 Å². The third-order valence-corrected chi connectivity index (χ3v) is 7.00. The Morgan fingerprint density at radius 1 is 1.53 bits per heavy atom. The predicted octanol–water partition coefficient (Wildman–Crippen LogP) is 1.87. The summed E-state index contributed by atoms with van der Waals surface area (Å²) < 4.78 is 15.7. The maximum Gasteiger partial charge on any atom is 0.336 e. The Bertz CT molecular complexity index is 436. The minimum absolute atomic E-state index is 0.381. The van der Waals surface area contributed by atoms with E-state index >= 15 is 0 Å². The SMILES string of the molecule is Cc1csc(OP(O)(=S)CP(=O)(O)O)c1. The lowest BCUT2D eigenvalue weighted by Crippen LogP contribution is -1.96. The van der Waals surface area contributed by atoms with Crippen molar-refractivity contribution >= 4 is 37.2 Å². The molecule has 15 heavy (non-hydrogen) atoms. The average Bonchev–Trinajstić information content (AvgIpc) is 2.27. The van der Waals surface area contributed by atoms with Crippen LogP contribution in [0.25, 0.3) is 0 Å². The van der Waals surface area contributed by atoms with Crippen LogP contribution in [0.4, 0.5) is 0 Å². The molecule has 86 valence electrons. The molecule has 1 unspecified atom stereocenters. The van der Waals surface area contributed by atoms with Crippen molar-refractivity contribution in [2.45, 2.75) is 6.92 Å². The zero-order chi connectivity index (χ0) is 11.7. The quantitative estimate of drug-likeness (QED) is 0.733. The second-order valence-electron chi connectivity index (χ2n) is 2.98. The largest absolute Gasteiger partial charge is 0.433 e. The zero-order valence-electron chi connectivity index (χ0n) is 7.73. The van der Waals surface area contributed by atoms with Gasteiger partial charge in [0.25, 0.3) is 0 Å². The topological polar surface area (TPSA) is 87.0 Å². The van der Waals surface area contributed by atoms with Crippen molar-refractivity contribution in [3.05, 3.63) is 17.0 Å². The smallest absolute Gasteiger partial charge is 0.336 e. The number of hydrogen-bond acceptors (Lipinski definition) is 4. The first-order valence-electron chi connectivity index (χ1n) is 3.79. The Balaban J connectivity index is 2.73. The van der Waals surface area contributed by atoms with Crippen LogP contribution in [0.1, 0.15) is 5.56 Å². The van der Waals surface area contributed by atoms with E-state index in [0.29, 0.717) is 5.06 Å². The van der Waals surface area contributed by atoms with E-state index in [1.54, 1.807) is 11.4 Å². The molecule has 0 spiro atoms. The molecule has 0 saturated heterocycles. The minimum Gasteiger partial charge on any atom is -0.433 e. The van der Waals surface area contributed by atoms with Crippen molar-refractivity contribution in [1.29, 1.82) is 0 Å². The molecule has 0 radical (unpaired) electrons. The van der Waals surface area contributed by atoms with Crippen LogP contribution in [0.5, 0.6) is 5.06 Å². The Morgan fingerprint density at radius 2 is 2.13 bits per heavy atom. The number of rotatable bonds is 4. The Labute approximate surface area is 96.1 Å². The highest BCUT2D eigenvalue weighted by atomic mass is 32.5. The lowest BCUT2D eigenvalue weighted by atomic mass is 10.4. The summed E-state index contributed by atoms with van der Waals surface area (Å²) in [6.45, 7) is -1.60. The van der Waals surface area contributed by atoms with E-state index in [2.05, 4.69) is 11.8 Å². The molecule has 5 nitrogen and oxygen atoms in total. The van der Waals surface area contributed by atoms with E-state index in [9.17, 15) is 9.46 Å². The number of hydrogen-bond donors (Lipinski definition) is 3. The van der Waals surface area contributed by atoms with Crippen molar-refractivity contribution < 1.29 is 23.8 Å². The summed E-state index contributed by atoms with van der Waals surface area (Å²) >= 11 is 5.87. The second kappa shape index (κ2) is 4.63. The standard InChI is InChI=1S/C6H10O5P2S2/c1-5-2-6(15-3-5)11-13(10,14)4-12(7,8)9/h2-3H,4H2,1H3,(H,10,14)(H2,7,8,9). The number of thiophene rings is 1. The van der Waals surface area contributed by atoms with Crippen molar-refractivity contribution in [2.75, 3.05) is 5.90 Å². The van der Waals surface area contributed by atoms with Crippen LogP contribution in [0.2, 0.25) is 0 Å². The molecule has 9 heteroatoms. The van der Waals surface area contributed by atoms with Crippen LogP contribution in [0, 0.1) is 6.92 Å². The predicted molar refractivity (Wildman–Crippen MR) is 63.1 cm³/mol. The zero-order valence-corrected chi connectivity index (χ0v) is 11.2. The summed E-state index contributed by atoms with van der Waals surface area (Å²) in [5.41, 5.74) is 0.946. The third kappa shape index (κ3) is 5.22. The van der Waals surface area contributed by atoms with Crippen LogP contribution < -0.4 is 4.52 Å². The first-order chi connectivity index (χ1) is 6.68. The van der Waals surface area contributed by atoms with Crippen LogP contribution in [0.15, 0.2) is 11.4 Å². The van der Waals surface area contributed by atoms with E-state index in [4.69, 9.17) is 14.3 Å². The molecular formula is C6H10O5P2S2. The normalized spacial score (nSPS) is 16.0. The summed E-state index contributed by atoms with van der Waals surface area (Å²) in [5.74, 6) is -0.799. The van der Waals surface area contributed by atoms with Crippen molar-refractivity contribution in [3.8, 4) is 5.06 Å². The molecule has 0 aliphatic carbocycles. The van der Waals surface area contributed by atoms with Crippen LogP contribution >= 0.6 is 25.4 Å². The molecular weight excluding hydrogens is 278 g/mol. The summed E-state index contributed by atoms with van der Waals surface area (Å²) in [4.78, 5) is 26.9. The molecule has 1 heterocycles. The Kier molecular flexibility index (Phi) is 4.12. The van der Waals surface area contributed by atoms with E-state index in [-0.39, 0.29) is 0 Å². The summed E-state index contributed by atoms with van der Waals surface area (Å²) in [5, 5.41) is 2.18. The highest BCUT2D eigenvalue weighted by Crippen LogP contribution is 2.55. The molecule has 0 bridgehead atoms. The fourth-order valence-electron chi connectivity index (χ4n) is 0.855. The Morgan fingerprint density at radius 3 is 2.53 bits per heavy atom. The van der Waals surface area contributed by atoms with Crippen LogP contribution in [-0.2, 0) is 16.4 Å². The van der Waals surface area contributed by atoms with E-state index in [1.165, 1.54) is 11.3 Å². The van der Waals surface area contributed by atoms with Crippen LogP contribution in [0.3, 0.4) is 0 Å². The highest BCUT2D eigenvalue weighted by molar-refractivity contribution is 8.12. The maximum absolute atomic E-state index is 10.7. The van der Waals surface area contributed by atoms with Gasteiger partial charge in [-0.25, -0.2) is 0 Å². The second-order valence-corrected chi connectivity index (χ2v) is 9.48. The molecule has 0 fully saturated rings. The molecule has 1 aromatic heterocycles. The van der Waals surface area contributed by atoms with Gasteiger partial charge in [-0.05, 0) is 35.7 Å². The number of aryl methyl sites for hydroxylation is 1. The van der Waals surface area contributed by atoms with Crippen molar-refractivity contribution in [2.24, 2.45) is 0 Å². The molecule has 0 aromatic carbocycles. The summed E-state index contributed by atoms with van der Waals surface area (Å²) in [7, 11) is -4.34. The van der Waals surface area contributed by atoms with Gasteiger partial charge in [-0.3, -0.25) is 4.57 Å². The molecule has 0 saturated carbocycles. The third-order valence-electron chi connectivity index (χ3n) is 1.30. The molecule has 1 rings (SSSR count). The van der Waals surface area contributed by atoms with Crippen molar-refractivity contribution in [3.63, 3.8) is 0 Å². The molecule has 3 N–H and O–H groups in total. The summed E-state index contributed by atoms with van der Waals surface area (Å²) in [6.07, 6.45) is 0. The van der Waals surface area contributed by atoms with Gasteiger partial charge >= 0.3 is 7.60 Å². The van der Waals surface area contributed by atoms with E-state index in [1.807, 2.05) is 6.92 Å². The molecule has 0 aliphatic rings. The maximum atomic E-state index is 10.7. The molecule has 1 aromatic rings. The van der Waals surface area contributed by atoms with E-state index in [0.717, 1.165) is 5.56 Å². The first kappa shape index (κ1) is 13.3. The molecule has 1 atom stereocenters. The monoisotopic (exact) mass is 288 g/mol. The van der Waals surface area contributed by atoms with Gasteiger partial charge in [0.1, 0.15) is 5.90 Å². The van der Waals surface area contributed by atoms with Gasteiger partial charge in [-0.15, -0.1) is 11.3 Å².